The van der Waals surface area contributed by atoms with Gasteiger partial charge in [0.2, 0.25) is 0 Å². The molecular weight excluding hydrogens is 284 g/mol. The highest BCUT2D eigenvalue weighted by Gasteiger charge is 1.94. The Morgan fingerprint density at radius 2 is 1.95 bits per heavy atom. The summed E-state index contributed by atoms with van der Waals surface area (Å²) >= 11 is 5.90. The fourth-order valence-corrected chi connectivity index (χ4v) is 1.43. The minimum Gasteiger partial charge on any atom is -0.388 e. The number of benzene rings is 1. The van der Waals surface area contributed by atoms with E-state index in [1.807, 2.05) is 51.2 Å². The summed E-state index contributed by atoms with van der Waals surface area (Å²) in [6.45, 7) is 11.3. The Bertz CT molecular complexity index is 365. The topological polar surface area (TPSA) is 24.1 Å². The molecule has 1 aromatic rings. The fourth-order valence-electron chi connectivity index (χ4n) is 1.11. The quantitative estimate of drug-likeness (QED) is 0.500. The van der Waals surface area contributed by atoms with Gasteiger partial charge in [0.25, 0.3) is 0 Å². The summed E-state index contributed by atoms with van der Waals surface area (Å²) in [5.74, 6) is 1.71. The Morgan fingerprint density at radius 1 is 1.35 bits per heavy atom. The number of anilines is 2. The second-order valence-electron chi connectivity index (χ2n) is 3.46. The highest BCUT2D eigenvalue weighted by molar-refractivity contribution is 7.98. The number of hydrogen-bond donors (Lipinski definition) is 3. The van der Waals surface area contributed by atoms with E-state index in [4.69, 9.17) is 0 Å². The summed E-state index contributed by atoms with van der Waals surface area (Å²) in [7, 11) is 1.90. The van der Waals surface area contributed by atoms with Gasteiger partial charge in [-0.25, -0.2) is 0 Å². The molecule has 0 aliphatic heterocycles. The summed E-state index contributed by atoms with van der Waals surface area (Å²) < 4.78 is 0. The summed E-state index contributed by atoms with van der Waals surface area (Å²) in [4.78, 5) is 0. The van der Waals surface area contributed by atoms with Crippen molar-refractivity contribution in [2.45, 2.75) is 13.8 Å². The molecule has 0 aliphatic carbocycles. The van der Waals surface area contributed by atoms with Crippen LogP contribution >= 0.6 is 24.4 Å². The van der Waals surface area contributed by atoms with Crippen LogP contribution < -0.4 is 10.6 Å². The van der Waals surface area contributed by atoms with Gasteiger partial charge in [-0.1, -0.05) is 32.6 Å². The maximum absolute atomic E-state index is 4.12. The molecule has 0 fully saturated rings. The van der Waals surface area contributed by atoms with E-state index in [2.05, 4.69) is 42.7 Å². The third kappa shape index (κ3) is 12.1. The van der Waals surface area contributed by atoms with Crippen molar-refractivity contribution in [3.05, 3.63) is 49.2 Å². The van der Waals surface area contributed by atoms with Crippen LogP contribution in [-0.2, 0) is 0 Å². The fraction of sp³-hybridized carbons (Fsp3) is 0.375. The minimum atomic E-state index is 0.643. The lowest BCUT2D eigenvalue weighted by atomic mass is 10.2. The molecule has 1 rings (SSSR count). The van der Waals surface area contributed by atoms with Crippen LogP contribution in [0.2, 0.25) is 0 Å². The minimum absolute atomic E-state index is 0.643. The van der Waals surface area contributed by atoms with Crippen LogP contribution in [0.5, 0.6) is 0 Å². The van der Waals surface area contributed by atoms with Crippen molar-refractivity contribution >= 4 is 35.8 Å². The Kier molecular flexibility index (Phi) is 17.1. The molecule has 20 heavy (non-hydrogen) atoms. The molecule has 0 aliphatic rings. The second kappa shape index (κ2) is 16.1. The molecule has 2 nitrogen and oxygen atoms in total. The maximum Gasteiger partial charge on any atom is 0.0402 e. The molecule has 2 N–H and O–H groups in total. The smallest absolute Gasteiger partial charge is 0.0402 e. The molecule has 0 heterocycles. The van der Waals surface area contributed by atoms with Crippen molar-refractivity contribution in [3.8, 4) is 0 Å². The predicted octanol–water partition coefficient (Wildman–Crippen LogP) is 5.15. The van der Waals surface area contributed by atoms with Crippen molar-refractivity contribution in [1.82, 2.24) is 0 Å². The van der Waals surface area contributed by atoms with Gasteiger partial charge in [-0.15, -0.1) is 6.58 Å². The Morgan fingerprint density at radius 3 is 2.35 bits per heavy atom. The monoisotopic (exact) mass is 312 g/mol. The molecule has 0 amide bonds. The van der Waals surface area contributed by atoms with E-state index in [0.717, 1.165) is 22.8 Å². The summed E-state index contributed by atoms with van der Waals surface area (Å²) in [5, 5.41) is 6.23. The third-order valence-electron chi connectivity index (χ3n) is 1.95. The molecule has 0 saturated heterocycles. The summed E-state index contributed by atoms with van der Waals surface area (Å²) in [6, 6.07) is 8.01. The normalized spacial score (nSPS) is 8.25. The largest absolute Gasteiger partial charge is 0.388 e. The Labute approximate surface area is 134 Å². The molecule has 0 atom stereocenters. The number of hydrogen-bond acceptors (Lipinski definition) is 4. The lowest BCUT2D eigenvalue weighted by Gasteiger charge is -2.08. The zero-order chi connectivity index (χ0) is 15.8. The number of nitrogens with one attached hydrogen (secondary N) is 2. The van der Waals surface area contributed by atoms with E-state index in [1.54, 1.807) is 11.8 Å². The van der Waals surface area contributed by atoms with Crippen LogP contribution in [-0.4, -0.2) is 24.8 Å². The molecule has 4 heteroatoms. The first-order valence-corrected chi connectivity index (χ1v) is 8.63. The first kappa shape index (κ1) is 21.3. The van der Waals surface area contributed by atoms with Gasteiger partial charge in [0.1, 0.15) is 0 Å². The Hall–Kier alpha value is -1.000. The number of thioether (sulfide) groups is 1. The van der Waals surface area contributed by atoms with Crippen molar-refractivity contribution in [1.29, 1.82) is 0 Å². The molecule has 0 bridgehead atoms. The van der Waals surface area contributed by atoms with Gasteiger partial charge in [0.15, 0.2) is 0 Å². The van der Waals surface area contributed by atoms with Gasteiger partial charge in [0.05, 0.1) is 0 Å². The molecule has 114 valence electrons. The first-order valence-electron chi connectivity index (χ1n) is 6.61. The lowest BCUT2D eigenvalue weighted by molar-refractivity contribution is 1.41. The molecule has 0 saturated carbocycles. The molecular formula is C16H28N2S2. The lowest BCUT2D eigenvalue weighted by Crippen LogP contribution is -1.99. The van der Waals surface area contributed by atoms with E-state index in [0.29, 0.717) is 5.75 Å². The molecule has 1 aromatic carbocycles. The van der Waals surface area contributed by atoms with Crippen LogP contribution in [0.4, 0.5) is 11.4 Å². The van der Waals surface area contributed by atoms with Crippen molar-refractivity contribution in [3.63, 3.8) is 0 Å². The van der Waals surface area contributed by atoms with Gasteiger partial charge in [-0.2, -0.15) is 24.4 Å². The van der Waals surface area contributed by atoms with E-state index >= 15 is 0 Å². The van der Waals surface area contributed by atoms with E-state index in [9.17, 15) is 0 Å². The summed E-state index contributed by atoms with van der Waals surface area (Å²) in [6.07, 6.45) is 3.95. The zero-order valence-electron chi connectivity index (χ0n) is 13.1. The van der Waals surface area contributed by atoms with E-state index in [1.165, 1.54) is 0 Å². The maximum atomic E-state index is 4.12. The third-order valence-corrected chi connectivity index (χ3v) is 2.90. The standard InChI is InChI=1S/C10H14N2S.C4H8S.C2H6/c1-8(7-13)12-10-5-3-4-9(6-10)11-2;1-3-4-5-2;1-2/h3-6,11-13H,1,7H2,2H3;3H,1,4H2,2H3;1-2H3. The van der Waals surface area contributed by atoms with Gasteiger partial charge < -0.3 is 10.6 Å². The number of rotatable bonds is 6. The van der Waals surface area contributed by atoms with Crippen LogP contribution in [0.1, 0.15) is 13.8 Å². The van der Waals surface area contributed by atoms with Crippen LogP contribution in [0, 0.1) is 0 Å². The van der Waals surface area contributed by atoms with E-state index in [-0.39, 0.29) is 0 Å². The van der Waals surface area contributed by atoms with Crippen molar-refractivity contribution < 1.29 is 0 Å². The molecule has 0 spiro atoms. The molecule has 0 aromatic heterocycles. The van der Waals surface area contributed by atoms with Gasteiger partial charge >= 0.3 is 0 Å². The average molecular weight is 313 g/mol. The second-order valence-corrected chi connectivity index (χ2v) is 4.69. The first-order chi connectivity index (χ1) is 9.67. The van der Waals surface area contributed by atoms with Crippen LogP contribution in [0.3, 0.4) is 0 Å². The number of thiol groups is 1. The van der Waals surface area contributed by atoms with Crippen LogP contribution in [0.15, 0.2) is 49.2 Å². The predicted molar refractivity (Wildman–Crippen MR) is 103 cm³/mol. The SMILES string of the molecule is C=C(CS)Nc1cccc(NC)c1.C=CCSC.CC. The molecule has 0 radical (unpaired) electrons. The van der Waals surface area contributed by atoms with Gasteiger partial charge in [-0.05, 0) is 24.5 Å². The van der Waals surface area contributed by atoms with Crippen molar-refractivity contribution in [2.24, 2.45) is 0 Å². The van der Waals surface area contributed by atoms with Gasteiger partial charge in [-0.3, -0.25) is 0 Å². The van der Waals surface area contributed by atoms with Crippen molar-refractivity contribution in [2.75, 3.05) is 35.4 Å². The van der Waals surface area contributed by atoms with E-state index < -0.39 is 0 Å². The molecule has 0 unspecified atom stereocenters. The highest BCUT2D eigenvalue weighted by Crippen LogP contribution is 2.15. The zero-order valence-corrected chi connectivity index (χ0v) is 14.8. The van der Waals surface area contributed by atoms with Crippen LogP contribution in [0.25, 0.3) is 0 Å². The van der Waals surface area contributed by atoms with Gasteiger partial charge in [0, 0.05) is 35.6 Å². The average Bonchev–Trinajstić information content (AvgIpc) is 2.51. The summed E-state index contributed by atoms with van der Waals surface area (Å²) in [5.41, 5.74) is 3.01. The highest BCUT2D eigenvalue weighted by atomic mass is 32.2. The Balaban J connectivity index is 0.